The summed E-state index contributed by atoms with van der Waals surface area (Å²) >= 11 is 3.03. The molecule has 0 radical (unpaired) electrons. The minimum Gasteiger partial charge on any atom is -0.481 e. The van der Waals surface area contributed by atoms with E-state index in [2.05, 4.69) is 11.0 Å². The topological polar surface area (TPSA) is 260 Å². The van der Waals surface area contributed by atoms with Crippen molar-refractivity contribution in [1.82, 2.24) is 11.0 Å². The van der Waals surface area contributed by atoms with Crippen molar-refractivity contribution in [3.05, 3.63) is 0 Å². The minimum absolute atomic E-state index is 0.398. The van der Waals surface area contributed by atoms with Crippen LogP contribution in [0.2, 0.25) is 0 Å². The predicted molar refractivity (Wildman–Crippen MR) is 158 cm³/mol. The van der Waals surface area contributed by atoms with Crippen LogP contribution in [0.4, 0.5) is 0 Å². The average Bonchev–Trinajstić information content (AvgIpc) is 2.94. The van der Waals surface area contributed by atoms with E-state index in [1.807, 2.05) is 12.5 Å². The molecule has 44 heavy (non-hydrogen) atoms. The number of Topliss-reactive ketones (excluding diaryl/α,β-unsaturated/α-hetero) is 2. The molecular weight excluding hydrogens is 628 g/mol. The smallest absolute Gasteiger partial charge is 0.357 e. The van der Waals surface area contributed by atoms with Gasteiger partial charge >= 0.3 is 23.9 Å². The first-order valence-corrected chi connectivity index (χ1v) is 16.0. The van der Waals surface area contributed by atoms with Gasteiger partial charge in [-0.1, -0.05) is 0 Å². The zero-order valence-electron chi connectivity index (χ0n) is 25.1. The Morgan fingerprint density at radius 3 is 1.57 bits per heavy atom. The summed E-state index contributed by atoms with van der Waals surface area (Å²) in [6.07, 6.45) is 2.79. The lowest BCUT2D eigenvalue weighted by Crippen LogP contribution is -2.46. The molecule has 0 amide bonds. The SMILES string of the molecule is CC(=O)C[C@](O)(CCC(=O)O)C(=O)O.CSCC[C@H](C=O)NOC(=O)CC[C@@](O)(CC(C)=O)C(=O)ON[C@@H](C=O)CCSC. The first-order chi connectivity index (χ1) is 20.5. The molecule has 0 heterocycles. The second-order valence-corrected chi connectivity index (χ2v) is 11.6. The van der Waals surface area contributed by atoms with Crippen LogP contribution in [0, 0.1) is 0 Å². The Hall–Kier alpha value is -2.90. The summed E-state index contributed by atoms with van der Waals surface area (Å²) in [5.74, 6) is -4.46. The number of carbonyl (C=O) groups is 8. The Labute approximate surface area is 263 Å². The lowest BCUT2D eigenvalue weighted by Gasteiger charge is -2.25. The number of aliphatic carboxylic acids is 2. The highest BCUT2D eigenvalue weighted by molar-refractivity contribution is 7.98. The first-order valence-electron chi connectivity index (χ1n) is 13.2. The number of carboxylic acids is 2. The van der Waals surface area contributed by atoms with Crippen LogP contribution in [0.15, 0.2) is 0 Å². The molecule has 0 spiro atoms. The number of nitrogens with one attached hydrogen (secondary N) is 2. The quantitative estimate of drug-likeness (QED) is 0.0576. The summed E-state index contributed by atoms with van der Waals surface area (Å²) in [4.78, 5) is 98.6. The zero-order valence-corrected chi connectivity index (χ0v) is 26.7. The molecule has 0 fully saturated rings. The first kappa shape index (κ1) is 43.2. The number of hydroxylamine groups is 2. The molecule has 0 rings (SSSR count). The van der Waals surface area contributed by atoms with Crippen molar-refractivity contribution in [2.45, 2.75) is 88.5 Å². The van der Waals surface area contributed by atoms with E-state index < -0.39 is 97.3 Å². The molecule has 18 heteroatoms. The summed E-state index contributed by atoms with van der Waals surface area (Å²) in [6.45, 7) is 2.31. The lowest BCUT2D eigenvalue weighted by molar-refractivity contribution is -0.179. The Bertz CT molecular complexity index is 982. The third-order valence-corrected chi connectivity index (χ3v) is 6.87. The van der Waals surface area contributed by atoms with Gasteiger partial charge in [-0.2, -0.15) is 23.5 Å². The van der Waals surface area contributed by atoms with Crippen molar-refractivity contribution in [1.29, 1.82) is 0 Å². The van der Waals surface area contributed by atoms with Crippen LogP contribution >= 0.6 is 23.5 Å². The normalized spacial score (nSPS) is 14.7. The molecule has 4 atom stereocenters. The lowest BCUT2D eigenvalue weighted by atomic mass is 9.92. The number of aldehydes is 2. The molecule has 6 N–H and O–H groups in total. The van der Waals surface area contributed by atoms with Crippen molar-refractivity contribution >= 4 is 71.5 Å². The Balaban J connectivity index is 0. The molecule has 0 aromatic carbocycles. The van der Waals surface area contributed by atoms with E-state index in [1.165, 1.54) is 30.4 Å². The molecule has 0 unspecified atom stereocenters. The zero-order chi connectivity index (χ0) is 34.3. The van der Waals surface area contributed by atoms with Gasteiger partial charge in [-0.3, -0.25) is 19.2 Å². The fourth-order valence-electron chi connectivity index (χ4n) is 3.20. The highest BCUT2D eigenvalue weighted by atomic mass is 32.2. The number of hydrogen-bond acceptors (Lipinski definition) is 16. The summed E-state index contributed by atoms with van der Waals surface area (Å²) < 4.78 is 0. The van der Waals surface area contributed by atoms with Gasteiger partial charge in [-0.05, 0) is 63.5 Å². The van der Waals surface area contributed by atoms with Gasteiger partial charge in [0.1, 0.15) is 24.1 Å². The number of carboxylic acid groups (broad SMARTS) is 2. The molecule has 0 aromatic heterocycles. The van der Waals surface area contributed by atoms with Gasteiger partial charge in [0, 0.05) is 19.3 Å². The predicted octanol–water partition coefficient (Wildman–Crippen LogP) is -0.140. The van der Waals surface area contributed by atoms with Gasteiger partial charge in [0.15, 0.2) is 11.2 Å². The summed E-state index contributed by atoms with van der Waals surface area (Å²) in [7, 11) is 0. The summed E-state index contributed by atoms with van der Waals surface area (Å²) in [5.41, 5.74) is 0.0650. The van der Waals surface area contributed by atoms with E-state index in [9.17, 15) is 48.6 Å². The molecule has 0 aliphatic heterocycles. The van der Waals surface area contributed by atoms with Crippen LogP contribution in [0.1, 0.15) is 65.2 Å². The monoisotopic (exact) mass is 670 g/mol. The number of hydrogen-bond donors (Lipinski definition) is 6. The molecule has 0 aromatic rings. The van der Waals surface area contributed by atoms with Crippen LogP contribution < -0.4 is 11.0 Å². The van der Waals surface area contributed by atoms with Crippen LogP contribution in [0.5, 0.6) is 0 Å². The molecule has 0 saturated heterocycles. The molecule has 0 bridgehead atoms. The number of rotatable bonds is 24. The Kier molecular flexibility index (Phi) is 23.1. The summed E-state index contributed by atoms with van der Waals surface area (Å²) in [5, 5.41) is 36.9. The molecule has 252 valence electrons. The van der Waals surface area contributed by atoms with Gasteiger partial charge in [0.2, 0.25) is 0 Å². The largest absolute Gasteiger partial charge is 0.481 e. The van der Waals surface area contributed by atoms with Gasteiger partial charge < -0.3 is 39.7 Å². The van der Waals surface area contributed by atoms with E-state index in [0.717, 1.165) is 6.92 Å². The van der Waals surface area contributed by atoms with E-state index in [-0.39, 0.29) is 0 Å². The fourth-order valence-corrected chi connectivity index (χ4v) is 4.17. The van der Waals surface area contributed by atoms with E-state index >= 15 is 0 Å². The Morgan fingerprint density at radius 1 is 0.750 bits per heavy atom. The van der Waals surface area contributed by atoms with Gasteiger partial charge in [-0.15, -0.1) is 11.0 Å². The highest BCUT2D eigenvalue weighted by Gasteiger charge is 2.40. The number of thioether (sulfide) groups is 2. The maximum absolute atomic E-state index is 12.3. The molecule has 0 saturated carbocycles. The van der Waals surface area contributed by atoms with Crippen molar-refractivity contribution < 1.29 is 68.5 Å². The third-order valence-electron chi connectivity index (χ3n) is 5.58. The van der Waals surface area contributed by atoms with E-state index in [0.29, 0.717) is 36.9 Å². The minimum atomic E-state index is -2.27. The number of carbonyl (C=O) groups excluding carboxylic acids is 6. The van der Waals surface area contributed by atoms with Gasteiger partial charge in [0.25, 0.3) is 0 Å². The van der Waals surface area contributed by atoms with E-state index in [4.69, 9.17) is 19.9 Å². The standard InChI is InChI=1S/C18H30N2O8S2.C8H12O6/c1-13(23)10-18(26,17(25)28-20-15(12-22)6-9-30-3)7-4-16(24)27-19-14(11-21)5-8-29-2;1-5(9)4-8(14,7(12)13)3-2-6(10)11/h11-12,14-15,19-20,26H,4-10H2,1-3H3;14H,2-4H2,1H3,(H,10,11)(H,12,13)/t14-,15-,18-;8-/m11/s1. The molecule has 0 aliphatic rings. The van der Waals surface area contributed by atoms with Crippen molar-refractivity contribution in [3.8, 4) is 0 Å². The third kappa shape index (κ3) is 20.1. The van der Waals surface area contributed by atoms with Crippen LogP contribution in [0.25, 0.3) is 0 Å². The van der Waals surface area contributed by atoms with Crippen molar-refractivity contribution in [2.75, 3.05) is 24.0 Å². The summed E-state index contributed by atoms with van der Waals surface area (Å²) in [6, 6.07) is -1.44. The number of aliphatic hydroxyl groups is 2. The van der Waals surface area contributed by atoms with Crippen molar-refractivity contribution in [3.63, 3.8) is 0 Å². The van der Waals surface area contributed by atoms with Gasteiger partial charge in [0.05, 0.1) is 18.5 Å². The number of ketones is 2. The highest BCUT2D eigenvalue weighted by Crippen LogP contribution is 2.21. The van der Waals surface area contributed by atoms with Crippen LogP contribution in [-0.4, -0.2) is 116 Å². The second kappa shape index (κ2) is 23.5. The Morgan fingerprint density at radius 2 is 1.18 bits per heavy atom. The average molecular weight is 671 g/mol. The van der Waals surface area contributed by atoms with E-state index in [1.54, 1.807) is 0 Å². The van der Waals surface area contributed by atoms with Crippen molar-refractivity contribution in [2.24, 2.45) is 0 Å². The fraction of sp³-hybridized carbons (Fsp3) is 0.692. The maximum Gasteiger partial charge on any atom is 0.357 e. The van der Waals surface area contributed by atoms with Crippen LogP contribution in [0.3, 0.4) is 0 Å². The molecule has 0 aliphatic carbocycles. The van der Waals surface area contributed by atoms with Crippen LogP contribution in [-0.2, 0) is 48.0 Å². The second-order valence-electron chi connectivity index (χ2n) is 9.67. The molecule has 16 nitrogen and oxygen atoms in total. The van der Waals surface area contributed by atoms with Gasteiger partial charge in [-0.25, -0.2) is 9.59 Å². The maximum atomic E-state index is 12.3. The molecular formula is C26H42N2O14S2.